The first-order chi connectivity index (χ1) is 8.95. The summed E-state index contributed by atoms with van der Waals surface area (Å²) < 4.78 is 3.26. The van der Waals surface area contributed by atoms with Crippen LogP contribution >= 0.6 is 0 Å². The molecular weight excluding hydrogens is 246 g/mol. The summed E-state index contributed by atoms with van der Waals surface area (Å²) in [7, 11) is 3.53. The molecule has 0 aliphatic heterocycles. The zero-order valence-electron chi connectivity index (χ0n) is 11.1. The van der Waals surface area contributed by atoms with E-state index in [0.29, 0.717) is 17.1 Å². The fourth-order valence-electron chi connectivity index (χ4n) is 1.77. The van der Waals surface area contributed by atoms with Gasteiger partial charge in [0.05, 0.1) is 5.11 Å². The number of hydrogen-bond acceptors (Lipinski definition) is 5. The average molecular weight is 259 g/mol. The molecule has 0 saturated carbocycles. The second-order valence-corrected chi connectivity index (χ2v) is 4.17. The highest BCUT2D eigenvalue weighted by Crippen LogP contribution is 2.31. The summed E-state index contributed by atoms with van der Waals surface area (Å²) in [4.78, 5) is 0.279. The lowest BCUT2D eigenvalue weighted by Crippen LogP contribution is -1.96. The zero-order valence-corrected chi connectivity index (χ0v) is 11.1. The van der Waals surface area contributed by atoms with Crippen LogP contribution in [0.1, 0.15) is 11.4 Å². The van der Waals surface area contributed by atoms with E-state index in [2.05, 4.69) is 15.3 Å². The third-order valence-corrected chi connectivity index (χ3v) is 2.99. The Kier molecular flexibility index (Phi) is 3.04. The topological polar surface area (TPSA) is 97.9 Å². The predicted octanol–water partition coefficient (Wildman–Crippen LogP) is 1.51. The Bertz CT molecular complexity index is 682. The molecule has 2 rings (SSSR count). The molecule has 2 heterocycles. The van der Waals surface area contributed by atoms with Gasteiger partial charge in [0.25, 0.3) is 11.9 Å². The first kappa shape index (κ1) is 12.8. The van der Waals surface area contributed by atoms with Crippen LogP contribution in [0.3, 0.4) is 0 Å². The minimum absolute atomic E-state index is 0.238. The van der Waals surface area contributed by atoms with Crippen LogP contribution in [0.15, 0.2) is 11.2 Å². The molecule has 0 atom stereocenters. The highest BCUT2D eigenvalue weighted by atomic mass is 16.5. The second kappa shape index (κ2) is 4.53. The molecule has 8 nitrogen and oxygen atoms in total. The molecular formula is C11H13N7O. The van der Waals surface area contributed by atoms with Gasteiger partial charge in [-0.1, -0.05) is 0 Å². The zero-order chi connectivity index (χ0) is 14.2. The molecule has 0 unspecified atom stereocenters. The average Bonchev–Trinajstić information content (AvgIpc) is 2.82. The van der Waals surface area contributed by atoms with Gasteiger partial charge < -0.3 is 5.21 Å². The number of nitriles is 1. The van der Waals surface area contributed by atoms with Crippen LogP contribution in [-0.2, 0) is 14.1 Å². The van der Waals surface area contributed by atoms with Gasteiger partial charge in [-0.3, -0.25) is 9.36 Å². The SMILES string of the molecule is Cc1cc(-c2nn(C)c(C)c2[N+]([O-])=NC#N)nn1C. The molecule has 0 spiro atoms. The molecule has 0 fully saturated rings. The number of azo groups is 1. The molecule has 0 bridgehead atoms. The van der Waals surface area contributed by atoms with Crippen molar-refractivity contribution in [3.05, 3.63) is 22.7 Å². The Morgan fingerprint density at radius 2 is 2.00 bits per heavy atom. The largest absolute Gasteiger partial charge is 0.593 e. The lowest BCUT2D eigenvalue weighted by atomic mass is 10.2. The van der Waals surface area contributed by atoms with E-state index in [1.54, 1.807) is 23.3 Å². The number of hydrogen-bond donors (Lipinski definition) is 0. The Hall–Kier alpha value is -2.69. The summed E-state index contributed by atoms with van der Waals surface area (Å²) in [6.07, 6.45) is 1.47. The summed E-state index contributed by atoms with van der Waals surface area (Å²) in [5.41, 5.74) is 2.79. The lowest BCUT2D eigenvalue weighted by Gasteiger charge is -1.97. The van der Waals surface area contributed by atoms with Crippen molar-refractivity contribution in [3.8, 4) is 17.6 Å². The molecule has 0 saturated heterocycles. The number of aromatic nitrogens is 4. The van der Waals surface area contributed by atoms with E-state index in [4.69, 9.17) is 5.26 Å². The van der Waals surface area contributed by atoms with E-state index in [9.17, 15) is 5.21 Å². The Morgan fingerprint density at radius 1 is 1.32 bits per heavy atom. The molecule has 2 aromatic heterocycles. The summed E-state index contributed by atoms with van der Waals surface area (Å²) >= 11 is 0. The fraction of sp³-hybridized carbons (Fsp3) is 0.364. The van der Waals surface area contributed by atoms with Crippen LogP contribution in [0.4, 0.5) is 5.69 Å². The van der Waals surface area contributed by atoms with Crippen LogP contribution in [-0.4, -0.2) is 24.4 Å². The lowest BCUT2D eigenvalue weighted by molar-refractivity contribution is -0.435. The van der Waals surface area contributed by atoms with Gasteiger partial charge in [0.2, 0.25) is 0 Å². The van der Waals surface area contributed by atoms with E-state index in [0.717, 1.165) is 5.69 Å². The van der Waals surface area contributed by atoms with Crippen LogP contribution in [0.25, 0.3) is 11.4 Å². The van der Waals surface area contributed by atoms with Crippen molar-refractivity contribution in [3.63, 3.8) is 0 Å². The van der Waals surface area contributed by atoms with Crippen LogP contribution < -0.4 is 0 Å². The van der Waals surface area contributed by atoms with Crippen molar-refractivity contribution in [2.75, 3.05) is 0 Å². The van der Waals surface area contributed by atoms with Crippen molar-refractivity contribution in [1.82, 2.24) is 19.6 Å². The highest BCUT2D eigenvalue weighted by molar-refractivity contribution is 5.68. The van der Waals surface area contributed by atoms with Crippen molar-refractivity contribution >= 4 is 5.69 Å². The van der Waals surface area contributed by atoms with Gasteiger partial charge >= 0.3 is 0 Å². The molecule has 19 heavy (non-hydrogen) atoms. The number of aryl methyl sites for hydroxylation is 3. The first-order valence-electron chi connectivity index (χ1n) is 5.57. The van der Waals surface area contributed by atoms with Gasteiger partial charge in [0, 0.05) is 19.8 Å². The Balaban J connectivity index is 2.68. The van der Waals surface area contributed by atoms with E-state index >= 15 is 0 Å². The van der Waals surface area contributed by atoms with Gasteiger partial charge in [0.15, 0.2) is 5.69 Å². The van der Waals surface area contributed by atoms with E-state index in [1.165, 1.54) is 6.19 Å². The third kappa shape index (κ3) is 2.06. The molecule has 2 aromatic rings. The number of nitrogens with zero attached hydrogens (tertiary/aromatic N) is 7. The van der Waals surface area contributed by atoms with Gasteiger partial charge in [-0.2, -0.15) is 15.5 Å². The molecule has 0 aromatic carbocycles. The van der Waals surface area contributed by atoms with Crippen molar-refractivity contribution in [1.29, 1.82) is 5.26 Å². The maximum Gasteiger partial charge on any atom is 0.295 e. The molecule has 98 valence electrons. The molecule has 0 aliphatic rings. The summed E-state index contributed by atoms with van der Waals surface area (Å²) in [6.45, 7) is 3.64. The standard InChI is InChI=1S/C11H13N7O/c1-7-5-9(14-16(7)3)10-11(18(19)13-6-12)8(2)17(4)15-10/h5H,1-4H3. The normalized spacial score (nSPS) is 11.6. The van der Waals surface area contributed by atoms with E-state index in [-0.39, 0.29) is 10.5 Å². The monoisotopic (exact) mass is 259 g/mol. The van der Waals surface area contributed by atoms with Gasteiger partial charge in [-0.15, -0.1) is 0 Å². The predicted molar refractivity (Wildman–Crippen MR) is 66.2 cm³/mol. The maximum atomic E-state index is 11.8. The van der Waals surface area contributed by atoms with E-state index < -0.39 is 0 Å². The summed E-state index contributed by atoms with van der Waals surface area (Å²) in [6, 6.07) is 1.82. The van der Waals surface area contributed by atoms with Crippen LogP contribution in [0, 0.1) is 30.5 Å². The van der Waals surface area contributed by atoms with Crippen molar-refractivity contribution in [2.45, 2.75) is 13.8 Å². The van der Waals surface area contributed by atoms with Gasteiger partial charge in [-0.05, 0) is 24.8 Å². The van der Waals surface area contributed by atoms with Crippen molar-refractivity contribution < 1.29 is 4.86 Å². The molecule has 0 amide bonds. The molecule has 0 N–H and O–H groups in total. The van der Waals surface area contributed by atoms with Crippen LogP contribution in [0.5, 0.6) is 0 Å². The Morgan fingerprint density at radius 3 is 2.53 bits per heavy atom. The van der Waals surface area contributed by atoms with Gasteiger partial charge in [-0.25, -0.2) is 0 Å². The van der Waals surface area contributed by atoms with Crippen molar-refractivity contribution in [2.24, 2.45) is 19.2 Å². The molecule has 0 aliphatic carbocycles. The van der Waals surface area contributed by atoms with Gasteiger partial charge in [0.1, 0.15) is 11.4 Å². The Labute approximate surface area is 109 Å². The summed E-state index contributed by atoms with van der Waals surface area (Å²) in [5, 5.41) is 32.0. The van der Waals surface area contributed by atoms with Crippen LogP contribution in [0.2, 0.25) is 0 Å². The molecule has 8 heteroatoms. The maximum absolute atomic E-state index is 11.8. The summed E-state index contributed by atoms with van der Waals surface area (Å²) in [5.74, 6) is 0. The fourth-order valence-corrected chi connectivity index (χ4v) is 1.77. The first-order valence-corrected chi connectivity index (χ1v) is 5.57. The minimum atomic E-state index is 0.238. The quantitative estimate of drug-likeness (QED) is 0.353. The number of rotatable bonds is 2. The third-order valence-electron chi connectivity index (χ3n) is 2.99. The smallest absolute Gasteiger partial charge is 0.295 e. The van der Waals surface area contributed by atoms with E-state index in [1.807, 2.05) is 20.0 Å². The highest BCUT2D eigenvalue weighted by Gasteiger charge is 2.25. The second-order valence-electron chi connectivity index (χ2n) is 4.17. The minimum Gasteiger partial charge on any atom is -0.593 e. The molecule has 0 radical (unpaired) electrons.